The van der Waals surface area contributed by atoms with Crippen LogP contribution in [0.3, 0.4) is 0 Å². The third-order valence-corrected chi connectivity index (χ3v) is 3.35. The van der Waals surface area contributed by atoms with Gasteiger partial charge in [-0.2, -0.15) is 0 Å². The normalized spacial score (nSPS) is 11.8. The van der Waals surface area contributed by atoms with E-state index in [1.165, 1.54) is 0 Å². The third kappa shape index (κ3) is 4.09. The van der Waals surface area contributed by atoms with Gasteiger partial charge in [0.1, 0.15) is 11.6 Å². The molecule has 1 atom stereocenters. The predicted octanol–water partition coefficient (Wildman–Crippen LogP) is 4.10. The number of carbonyl (C=O) groups is 1. The number of nitrogens with zero attached hydrogens (tertiary/aromatic N) is 1. The molecule has 0 radical (unpaired) electrons. The number of nitrogens with one attached hydrogen (secondary N) is 1. The first kappa shape index (κ1) is 15.6. The second-order valence-corrected chi connectivity index (χ2v) is 5.34. The number of rotatable bonds is 4. The van der Waals surface area contributed by atoms with Crippen molar-refractivity contribution in [1.82, 2.24) is 4.98 Å². The van der Waals surface area contributed by atoms with Crippen LogP contribution in [-0.2, 0) is 4.79 Å². The van der Waals surface area contributed by atoms with Gasteiger partial charge in [-0.1, -0.05) is 29.3 Å². The topological polar surface area (TPSA) is 51.2 Å². The molecule has 0 fully saturated rings. The molecule has 1 aromatic carbocycles. The van der Waals surface area contributed by atoms with Crippen LogP contribution in [0.2, 0.25) is 10.0 Å². The maximum atomic E-state index is 12.1. The monoisotopic (exact) mass is 324 g/mol. The van der Waals surface area contributed by atoms with Crippen LogP contribution in [-0.4, -0.2) is 17.0 Å². The van der Waals surface area contributed by atoms with E-state index in [0.29, 0.717) is 21.6 Å². The molecule has 0 aliphatic heterocycles. The quantitative estimate of drug-likeness (QED) is 0.921. The molecule has 1 amide bonds. The Balaban J connectivity index is 2.04. The van der Waals surface area contributed by atoms with Gasteiger partial charge in [0.05, 0.1) is 5.02 Å². The highest BCUT2D eigenvalue weighted by Gasteiger charge is 2.17. The summed E-state index contributed by atoms with van der Waals surface area (Å²) in [7, 11) is 0. The highest BCUT2D eigenvalue weighted by Crippen LogP contribution is 2.28. The van der Waals surface area contributed by atoms with Crippen LogP contribution in [0.4, 0.5) is 5.82 Å². The van der Waals surface area contributed by atoms with Crippen molar-refractivity contribution in [2.45, 2.75) is 20.0 Å². The average Bonchev–Trinajstić information content (AvgIpc) is 2.44. The molecule has 1 N–H and O–H groups in total. The molecule has 0 saturated carbocycles. The number of pyridine rings is 1. The molecule has 4 nitrogen and oxygen atoms in total. The maximum Gasteiger partial charge on any atom is 0.266 e. The molecular formula is C15H14Cl2N2O2. The molecule has 0 bridgehead atoms. The minimum atomic E-state index is -0.718. The summed E-state index contributed by atoms with van der Waals surface area (Å²) in [6, 6.07) is 8.51. The van der Waals surface area contributed by atoms with Crippen LogP contribution in [0.25, 0.3) is 0 Å². The van der Waals surface area contributed by atoms with Crippen molar-refractivity contribution in [3.05, 3.63) is 52.1 Å². The first-order chi connectivity index (χ1) is 9.97. The van der Waals surface area contributed by atoms with E-state index in [1.807, 2.05) is 13.0 Å². The number of carbonyl (C=O) groups excluding carboxylic acids is 1. The molecule has 0 aliphatic carbocycles. The van der Waals surface area contributed by atoms with Crippen LogP contribution < -0.4 is 10.1 Å². The molecular weight excluding hydrogens is 311 g/mol. The van der Waals surface area contributed by atoms with E-state index in [-0.39, 0.29) is 5.91 Å². The van der Waals surface area contributed by atoms with Gasteiger partial charge in [-0.25, -0.2) is 4.98 Å². The zero-order chi connectivity index (χ0) is 15.4. The smallest absolute Gasteiger partial charge is 0.266 e. The number of anilines is 1. The lowest BCUT2D eigenvalue weighted by Gasteiger charge is -2.16. The molecule has 1 unspecified atom stereocenters. The fourth-order valence-corrected chi connectivity index (χ4v) is 2.10. The van der Waals surface area contributed by atoms with Gasteiger partial charge >= 0.3 is 0 Å². The highest BCUT2D eigenvalue weighted by atomic mass is 35.5. The van der Waals surface area contributed by atoms with Gasteiger partial charge in [-0.3, -0.25) is 4.79 Å². The number of ether oxygens (including phenoxy) is 1. The molecule has 0 saturated heterocycles. The molecule has 2 aromatic rings. The summed E-state index contributed by atoms with van der Waals surface area (Å²) in [5, 5.41) is 3.58. The van der Waals surface area contributed by atoms with Gasteiger partial charge in [-0.05, 0) is 43.7 Å². The number of benzene rings is 1. The minimum Gasteiger partial charge on any atom is -0.479 e. The van der Waals surface area contributed by atoms with Crippen molar-refractivity contribution in [1.29, 1.82) is 0 Å². The van der Waals surface area contributed by atoms with Crippen LogP contribution in [0.5, 0.6) is 5.75 Å². The summed E-state index contributed by atoms with van der Waals surface area (Å²) >= 11 is 11.8. The number of hydrogen-bond acceptors (Lipinski definition) is 3. The van der Waals surface area contributed by atoms with E-state index >= 15 is 0 Å². The van der Waals surface area contributed by atoms with Gasteiger partial charge < -0.3 is 10.1 Å². The van der Waals surface area contributed by atoms with E-state index in [4.69, 9.17) is 27.9 Å². The van der Waals surface area contributed by atoms with Crippen LogP contribution >= 0.6 is 23.2 Å². The number of aryl methyl sites for hydroxylation is 1. The van der Waals surface area contributed by atoms with Crippen molar-refractivity contribution in [3.8, 4) is 5.75 Å². The summed E-state index contributed by atoms with van der Waals surface area (Å²) in [6.07, 6.45) is 0.898. The molecule has 110 valence electrons. The second kappa shape index (κ2) is 6.78. The number of hydrogen-bond donors (Lipinski definition) is 1. The van der Waals surface area contributed by atoms with Crippen LogP contribution in [0, 0.1) is 6.92 Å². The van der Waals surface area contributed by atoms with E-state index < -0.39 is 6.10 Å². The van der Waals surface area contributed by atoms with Gasteiger partial charge in [0.25, 0.3) is 5.91 Å². The Labute approximate surface area is 133 Å². The summed E-state index contributed by atoms with van der Waals surface area (Å²) < 4.78 is 5.54. The number of amides is 1. The van der Waals surface area contributed by atoms with Gasteiger partial charge in [0, 0.05) is 11.2 Å². The molecule has 21 heavy (non-hydrogen) atoms. The van der Waals surface area contributed by atoms with Crippen molar-refractivity contribution < 1.29 is 9.53 Å². The lowest BCUT2D eigenvalue weighted by molar-refractivity contribution is -0.122. The summed E-state index contributed by atoms with van der Waals surface area (Å²) in [4.78, 5) is 16.2. The highest BCUT2D eigenvalue weighted by molar-refractivity contribution is 6.35. The Morgan fingerprint density at radius 1 is 1.33 bits per heavy atom. The van der Waals surface area contributed by atoms with E-state index in [2.05, 4.69) is 10.3 Å². The molecule has 0 spiro atoms. The van der Waals surface area contributed by atoms with Crippen LogP contribution in [0.15, 0.2) is 36.5 Å². The molecule has 1 aromatic heterocycles. The van der Waals surface area contributed by atoms with Gasteiger partial charge in [0.15, 0.2) is 6.10 Å². The van der Waals surface area contributed by atoms with E-state index in [0.717, 1.165) is 5.56 Å². The Morgan fingerprint density at radius 2 is 2.10 bits per heavy atom. The third-order valence-electron chi connectivity index (χ3n) is 2.82. The Kier molecular flexibility index (Phi) is 5.04. The molecule has 0 aliphatic rings. The molecule has 1 heterocycles. The van der Waals surface area contributed by atoms with Crippen molar-refractivity contribution in [2.24, 2.45) is 0 Å². The lowest BCUT2D eigenvalue weighted by Crippen LogP contribution is -2.30. The Hall–Kier alpha value is -1.78. The SMILES string of the molecule is Cc1cccnc1NC(=O)C(C)Oc1ccc(Cl)cc1Cl. The van der Waals surface area contributed by atoms with E-state index in [1.54, 1.807) is 37.4 Å². The summed E-state index contributed by atoms with van der Waals surface area (Å²) in [5.41, 5.74) is 0.877. The van der Waals surface area contributed by atoms with Crippen molar-refractivity contribution in [3.63, 3.8) is 0 Å². The fraction of sp³-hybridized carbons (Fsp3) is 0.200. The average molecular weight is 325 g/mol. The summed E-state index contributed by atoms with van der Waals surface area (Å²) in [5.74, 6) is 0.615. The van der Waals surface area contributed by atoms with Gasteiger partial charge in [-0.15, -0.1) is 0 Å². The van der Waals surface area contributed by atoms with E-state index in [9.17, 15) is 4.79 Å². The standard InChI is InChI=1S/C15H14Cl2N2O2/c1-9-4-3-7-18-14(9)19-15(20)10(2)21-13-6-5-11(16)8-12(13)17/h3-8,10H,1-2H3,(H,18,19,20). The first-order valence-electron chi connectivity index (χ1n) is 6.31. The first-order valence-corrected chi connectivity index (χ1v) is 7.07. The fourth-order valence-electron chi connectivity index (χ4n) is 1.65. The number of aromatic nitrogens is 1. The maximum absolute atomic E-state index is 12.1. The largest absolute Gasteiger partial charge is 0.479 e. The molecule has 2 rings (SSSR count). The van der Waals surface area contributed by atoms with Crippen LogP contribution in [0.1, 0.15) is 12.5 Å². The Bertz CT molecular complexity index is 662. The zero-order valence-electron chi connectivity index (χ0n) is 11.6. The van der Waals surface area contributed by atoms with Crippen molar-refractivity contribution in [2.75, 3.05) is 5.32 Å². The van der Waals surface area contributed by atoms with Crippen molar-refractivity contribution >= 4 is 34.9 Å². The summed E-state index contributed by atoms with van der Waals surface area (Å²) in [6.45, 7) is 3.50. The van der Waals surface area contributed by atoms with Gasteiger partial charge in [0.2, 0.25) is 0 Å². The zero-order valence-corrected chi connectivity index (χ0v) is 13.1. The number of halogens is 2. The Morgan fingerprint density at radius 3 is 2.76 bits per heavy atom. The minimum absolute atomic E-state index is 0.303. The predicted molar refractivity (Wildman–Crippen MR) is 84.2 cm³/mol. The molecule has 6 heteroatoms. The lowest BCUT2D eigenvalue weighted by atomic mass is 10.2. The second-order valence-electron chi connectivity index (χ2n) is 4.49.